The number of amides is 1. The van der Waals surface area contributed by atoms with Gasteiger partial charge in [-0.05, 0) is 61.1 Å². The molecule has 0 spiro atoms. The summed E-state index contributed by atoms with van der Waals surface area (Å²) in [5.41, 5.74) is 4.87. The minimum Gasteiger partial charge on any atom is -0.395 e. The highest BCUT2D eigenvalue weighted by atomic mass is 16.3. The van der Waals surface area contributed by atoms with Crippen molar-refractivity contribution in [1.29, 1.82) is 0 Å². The van der Waals surface area contributed by atoms with Gasteiger partial charge in [-0.25, -0.2) is 0 Å². The highest BCUT2D eigenvalue weighted by Gasteiger charge is 2.21. The molecule has 2 aromatic rings. The number of nitrogens with zero attached hydrogens (tertiary/aromatic N) is 2. The number of hydrogen-bond acceptors (Lipinski definition) is 4. The van der Waals surface area contributed by atoms with Crippen molar-refractivity contribution < 1.29 is 9.90 Å². The van der Waals surface area contributed by atoms with Gasteiger partial charge in [0.2, 0.25) is 0 Å². The molecule has 2 aromatic carbocycles. The van der Waals surface area contributed by atoms with Crippen LogP contribution in [0.3, 0.4) is 0 Å². The summed E-state index contributed by atoms with van der Waals surface area (Å²) < 4.78 is 0. The average Bonchev–Trinajstić information content (AvgIpc) is 2.82. The molecule has 1 saturated heterocycles. The third kappa shape index (κ3) is 5.94. The molecule has 1 amide bonds. The maximum Gasteiger partial charge on any atom is 0.251 e. The molecule has 5 heteroatoms. The normalized spacial score (nSPS) is 19.7. The number of likely N-dealkylation sites (tertiary alicyclic amines) is 1. The molecule has 0 bridgehead atoms. The molecule has 166 valence electrons. The SMILES string of the molecule is O=C(NCCCN1CCCC[C@H]1CO)c1ccc(CN2CCc3ccccc3C2)cc1. The van der Waals surface area contributed by atoms with Gasteiger partial charge in [0.25, 0.3) is 5.91 Å². The number of fused-ring (bicyclic) bond motifs is 1. The quantitative estimate of drug-likeness (QED) is 0.643. The number of aliphatic hydroxyl groups is 1. The highest BCUT2D eigenvalue weighted by Crippen LogP contribution is 2.20. The topological polar surface area (TPSA) is 55.8 Å². The van der Waals surface area contributed by atoms with Crippen molar-refractivity contribution in [1.82, 2.24) is 15.1 Å². The van der Waals surface area contributed by atoms with Gasteiger partial charge in [0.15, 0.2) is 0 Å². The minimum atomic E-state index is -0.00389. The number of piperidine rings is 1. The van der Waals surface area contributed by atoms with Crippen LogP contribution in [-0.2, 0) is 19.5 Å². The minimum absolute atomic E-state index is 0.00389. The van der Waals surface area contributed by atoms with Gasteiger partial charge in [0, 0.05) is 44.3 Å². The molecule has 2 N–H and O–H groups in total. The summed E-state index contributed by atoms with van der Waals surface area (Å²) in [6, 6.07) is 17.0. The van der Waals surface area contributed by atoms with E-state index in [9.17, 15) is 9.90 Å². The maximum atomic E-state index is 12.5. The molecular weight excluding hydrogens is 386 g/mol. The number of hydrogen-bond donors (Lipinski definition) is 2. The molecule has 0 saturated carbocycles. The van der Waals surface area contributed by atoms with E-state index >= 15 is 0 Å². The maximum absolute atomic E-state index is 12.5. The number of carbonyl (C=O) groups is 1. The Morgan fingerprint density at radius 3 is 2.65 bits per heavy atom. The Kier molecular flexibility index (Phi) is 7.73. The van der Waals surface area contributed by atoms with E-state index in [1.807, 2.05) is 12.1 Å². The van der Waals surface area contributed by atoms with Gasteiger partial charge in [-0.15, -0.1) is 0 Å². The first kappa shape index (κ1) is 22.0. The molecule has 0 unspecified atom stereocenters. The van der Waals surface area contributed by atoms with E-state index < -0.39 is 0 Å². The van der Waals surface area contributed by atoms with Crippen LogP contribution in [0.15, 0.2) is 48.5 Å². The Labute approximate surface area is 186 Å². The van der Waals surface area contributed by atoms with Crippen LogP contribution < -0.4 is 5.32 Å². The summed E-state index contributed by atoms with van der Waals surface area (Å²) in [6.45, 7) is 5.88. The van der Waals surface area contributed by atoms with Gasteiger partial charge in [0.05, 0.1) is 6.61 Å². The summed E-state index contributed by atoms with van der Waals surface area (Å²) in [6.07, 6.45) is 5.52. The smallest absolute Gasteiger partial charge is 0.251 e. The summed E-state index contributed by atoms with van der Waals surface area (Å²) in [5.74, 6) is -0.00389. The molecule has 2 aliphatic rings. The molecule has 2 aliphatic heterocycles. The third-order valence-electron chi connectivity index (χ3n) is 6.70. The van der Waals surface area contributed by atoms with Crippen molar-refractivity contribution in [2.75, 3.05) is 32.8 Å². The van der Waals surface area contributed by atoms with Crippen LogP contribution in [0, 0.1) is 0 Å². The third-order valence-corrected chi connectivity index (χ3v) is 6.70. The lowest BCUT2D eigenvalue weighted by atomic mass is 9.99. The standard InChI is InChI=1S/C26H35N3O2/c30-20-25-8-3-4-15-29(25)16-5-14-27-26(31)23-11-9-21(10-12-23)18-28-17-13-22-6-1-2-7-24(22)19-28/h1-2,6-7,9-12,25,30H,3-5,8,13-20H2,(H,27,31)/t25-/m0/s1. The Bertz CT molecular complexity index is 852. The van der Waals surface area contributed by atoms with E-state index in [-0.39, 0.29) is 12.5 Å². The van der Waals surface area contributed by atoms with Crippen LogP contribution in [0.25, 0.3) is 0 Å². The van der Waals surface area contributed by atoms with Crippen LogP contribution in [0.2, 0.25) is 0 Å². The second-order valence-corrected chi connectivity index (χ2v) is 8.90. The van der Waals surface area contributed by atoms with Crippen molar-refractivity contribution in [2.24, 2.45) is 0 Å². The first-order valence-electron chi connectivity index (χ1n) is 11.7. The second-order valence-electron chi connectivity index (χ2n) is 8.90. The first-order chi connectivity index (χ1) is 15.2. The number of aliphatic hydroxyl groups excluding tert-OH is 1. The van der Waals surface area contributed by atoms with Gasteiger partial charge in [-0.1, -0.05) is 42.8 Å². The van der Waals surface area contributed by atoms with Gasteiger partial charge in [-0.3, -0.25) is 14.6 Å². The average molecular weight is 422 g/mol. The zero-order valence-electron chi connectivity index (χ0n) is 18.4. The van der Waals surface area contributed by atoms with Crippen LogP contribution in [0.4, 0.5) is 0 Å². The van der Waals surface area contributed by atoms with Crippen molar-refractivity contribution in [3.05, 3.63) is 70.8 Å². The van der Waals surface area contributed by atoms with E-state index in [1.54, 1.807) is 0 Å². The highest BCUT2D eigenvalue weighted by molar-refractivity contribution is 5.94. The monoisotopic (exact) mass is 421 g/mol. The molecule has 31 heavy (non-hydrogen) atoms. The Balaban J connectivity index is 1.20. The lowest BCUT2D eigenvalue weighted by Gasteiger charge is -2.34. The lowest BCUT2D eigenvalue weighted by molar-refractivity contribution is 0.0868. The van der Waals surface area contributed by atoms with Crippen molar-refractivity contribution in [3.63, 3.8) is 0 Å². The van der Waals surface area contributed by atoms with Crippen LogP contribution in [0.1, 0.15) is 52.7 Å². The molecule has 0 aliphatic carbocycles. The van der Waals surface area contributed by atoms with Gasteiger partial charge < -0.3 is 10.4 Å². The molecule has 1 atom stereocenters. The number of rotatable bonds is 8. The van der Waals surface area contributed by atoms with E-state index in [4.69, 9.17) is 0 Å². The van der Waals surface area contributed by atoms with Crippen molar-refractivity contribution >= 4 is 5.91 Å². The molecular formula is C26H35N3O2. The van der Waals surface area contributed by atoms with Gasteiger partial charge in [0.1, 0.15) is 0 Å². The second kappa shape index (κ2) is 10.9. The summed E-state index contributed by atoms with van der Waals surface area (Å²) in [7, 11) is 0. The van der Waals surface area contributed by atoms with E-state index in [1.165, 1.54) is 29.5 Å². The fraction of sp³-hybridized carbons (Fsp3) is 0.500. The summed E-state index contributed by atoms with van der Waals surface area (Å²) in [4.78, 5) is 17.3. The van der Waals surface area contributed by atoms with Crippen molar-refractivity contribution in [2.45, 2.75) is 51.2 Å². The molecule has 5 nitrogen and oxygen atoms in total. The van der Waals surface area contributed by atoms with Crippen LogP contribution in [0.5, 0.6) is 0 Å². The van der Waals surface area contributed by atoms with E-state index in [0.29, 0.717) is 12.6 Å². The van der Waals surface area contributed by atoms with Crippen LogP contribution in [-0.4, -0.2) is 59.6 Å². The van der Waals surface area contributed by atoms with Crippen LogP contribution >= 0.6 is 0 Å². The Hall–Kier alpha value is -2.21. The fourth-order valence-electron chi connectivity index (χ4n) is 4.86. The van der Waals surface area contributed by atoms with E-state index in [0.717, 1.165) is 57.5 Å². The zero-order chi connectivity index (χ0) is 21.5. The zero-order valence-corrected chi connectivity index (χ0v) is 18.4. The number of carbonyl (C=O) groups excluding carboxylic acids is 1. The van der Waals surface area contributed by atoms with Gasteiger partial charge in [-0.2, -0.15) is 0 Å². The van der Waals surface area contributed by atoms with Crippen molar-refractivity contribution in [3.8, 4) is 0 Å². The molecule has 0 aromatic heterocycles. The molecule has 0 radical (unpaired) electrons. The Morgan fingerprint density at radius 2 is 1.84 bits per heavy atom. The molecule has 1 fully saturated rings. The predicted octanol–water partition coefficient (Wildman–Crippen LogP) is 3.21. The predicted molar refractivity (Wildman–Crippen MR) is 124 cm³/mol. The summed E-state index contributed by atoms with van der Waals surface area (Å²) in [5, 5.41) is 12.6. The Morgan fingerprint density at radius 1 is 1.03 bits per heavy atom. The number of nitrogens with one attached hydrogen (secondary N) is 1. The lowest BCUT2D eigenvalue weighted by Crippen LogP contribution is -2.43. The first-order valence-corrected chi connectivity index (χ1v) is 11.7. The van der Waals surface area contributed by atoms with E-state index in [2.05, 4.69) is 51.5 Å². The van der Waals surface area contributed by atoms with Gasteiger partial charge >= 0.3 is 0 Å². The number of benzene rings is 2. The largest absolute Gasteiger partial charge is 0.395 e. The fourth-order valence-corrected chi connectivity index (χ4v) is 4.86. The molecule has 4 rings (SSSR count). The summed E-state index contributed by atoms with van der Waals surface area (Å²) >= 11 is 0. The molecule has 2 heterocycles.